The van der Waals surface area contributed by atoms with Crippen LogP contribution in [0, 0.1) is 0 Å². The topological polar surface area (TPSA) is 45.4 Å². The lowest BCUT2D eigenvalue weighted by molar-refractivity contribution is 0.156. The number of benzene rings is 1. The van der Waals surface area contributed by atoms with Gasteiger partial charge in [-0.15, -0.1) is 0 Å². The van der Waals surface area contributed by atoms with Gasteiger partial charge in [0.25, 0.3) is 0 Å². The Morgan fingerprint density at radius 3 is 2.70 bits per heavy atom. The first-order valence-electron chi connectivity index (χ1n) is 7.59. The summed E-state index contributed by atoms with van der Waals surface area (Å²) in [6.45, 7) is 6.94. The number of rotatable bonds is 7. The fraction of sp³-hybridized carbons (Fsp3) is 0.529. The van der Waals surface area contributed by atoms with Crippen LogP contribution in [0.15, 0.2) is 28.7 Å². The molecule has 0 fully saturated rings. The van der Waals surface area contributed by atoms with Crippen molar-refractivity contribution in [1.29, 1.82) is 0 Å². The average Bonchev–Trinajstić information content (AvgIpc) is 2.83. The summed E-state index contributed by atoms with van der Waals surface area (Å²) in [7, 11) is 0. The Hall–Kier alpha value is -1.32. The predicted molar refractivity (Wildman–Crippen MR) is 82.9 cm³/mol. The van der Waals surface area contributed by atoms with Crippen molar-refractivity contribution in [3.63, 3.8) is 0 Å². The number of hydrogen-bond acceptors (Lipinski definition) is 3. The molecule has 0 aliphatic heterocycles. The summed E-state index contributed by atoms with van der Waals surface area (Å²) < 4.78 is 6.00. The van der Waals surface area contributed by atoms with E-state index in [9.17, 15) is 5.11 Å². The Labute approximate surface area is 121 Å². The zero-order valence-corrected chi connectivity index (χ0v) is 12.6. The first-order chi connectivity index (χ1) is 9.67. The van der Waals surface area contributed by atoms with Crippen LogP contribution in [0.5, 0.6) is 0 Å². The summed E-state index contributed by atoms with van der Waals surface area (Å²) in [6, 6.07) is 8.28. The molecule has 0 radical (unpaired) electrons. The lowest BCUT2D eigenvalue weighted by Crippen LogP contribution is -2.29. The standard InChI is InChI=1S/C17H25NO2/c1-4-8-13(19)11-18-12(3)17-14(5-2)15-9-6-7-10-16(15)20-17/h6-7,9-10,12-13,18-19H,4-5,8,11H2,1-3H3. The molecule has 2 aromatic rings. The lowest BCUT2D eigenvalue weighted by atomic mass is 10.0. The van der Waals surface area contributed by atoms with Crippen molar-refractivity contribution in [3.05, 3.63) is 35.6 Å². The van der Waals surface area contributed by atoms with Crippen LogP contribution in [0.4, 0.5) is 0 Å². The first kappa shape index (κ1) is 15.1. The minimum absolute atomic E-state index is 0.115. The third kappa shape index (κ3) is 3.22. The van der Waals surface area contributed by atoms with Crippen molar-refractivity contribution in [1.82, 2.24) is 5.32 Å². The maximum absolute atomic E-state index is 9.82. The summed E-state index contributed by atoms with van der Waals surface area (Å²) in [5.41, 5.74) is 2.22. The normalized spacial score (nSPS) is 14.6. The van der Waals surface area contributed by atoms with Crippen molar-refractivity contribution < 1.29 is 9.52 Å². The summed E-state index contributed by atoms with van der Waals surface area (Å²) in [5.74, 6) is 0.998. The highest BCUT2D eigenvalue weighted by atomic mass is 16.3. The molecular formula is C17H25NO2. The van der Waals surface area contributed by atoms with Gasteiger partial charge >= 0.3 is 0 Å². The molecular weight excluding hydrogens is 250 g/mol. The van der Waals surface area contributed by atoms with Crippen LogP contribution >= 0.6 is 0 Å². The minimum Gasteiger partial charge on any atom is -0.459 e. The van der Waals surface area contributed by atoms with E-state index in [1.165, 1.54) is 10.9 Å². The van der Waals surface area contributed by atoms with Crippen LogP contribution in [-0.4, -0.2) is 17.8 Å². The number of fused-ring (bicyclic) bond motifs is 1. The van der Waals surface area contributed by atoms with E-state index in [0.717, 1.165) is 30.6 Å². The van der Waals surface area contributed by atoms with Gasteiger partial charge in [-0.2, -0.15) is 0 Å². The Morgan fingerprint density at radius 2 is 2.00 bits per heavy atom. The predicted octanol–water partition coefficient (Wildman–Crippen LogP) is 3.81. The summed E-state index contributed by atoms with van der Waals surface area (Å²) in [5, 5.41) is 14.4. The van der Waals surface area contributed by atoms with Gasteiger partial charge in [0.2, 0.25) is 0 Å². The number of hydrogen-bond donors (Lipinski definition) is 2. The molecule has 3 heteroatoms. The van der Waals surface area contributed by atoms with Crippen LogP contribution in [0.3, 0.4) is 0 Å². The van der Waals surface area contributed by atoms with E-state index in [-0.39, 0.29) is 12.1 Å². The van der Waals surface area contributed by atoms with Crippen molar-refractivity contribution in [2.75, 3.05) is 6.54 Å². The Balaban J connectivity index is 2.15. The van der Waals surface area contributed by atoms with Crippen LogP contribution < -0.4 is 5.32 Å². The second-order valence-electron chi connectivity index (χ2n) is 5.37. The van der Waals surface area contributed by atoms with Gasteiger partial charge in [0, 0.05) is 17.5 Å². The molecule has 3 nitrogen and oxygen atoms in total. The van der Waals surface area contributed by atoms with Gasteiger partial charge in [-0.05, 0) is 25.8 Å². The molecule has 20 heavy (non-hydrogen) atoms. The zero-order valence-electron chi connectivity index (χ0n) is 12.6. The Kier molecular flexibility index (Phi) is 5.21. The molecule has 1 aromatic heterocycles. The fourth-order valence-electron chi connectivity index (χ4n) is 2.67. The maximum Gasteiger partial charge on any atom is 0.134 e. The van der Waals surface area contributed by atoms with Crippen LogP contribution in [0.1, 0.15) is 51.0 Å². The van der Waals surface area contributed by atoms with Crippen LogP contribution in [0.25, 0.3) is 11.0 Å². The number of para-hydroxylation sites is 1. The Bertz CT molecular complexity index is 547. The third-order valence-corrected chi connectivity index (χ3v) is 3.76. The molecule has 110 valence electrons. The van der Waals surface area contributed by atoms with Crippen LogP contribution in [-0.2, 0) is 6.42 Å². The van der Waals surface area contributed by atoms with Crippen molar-refractivity contribution in [3.8, 4) is 0 Å². The molecule has 0 aliphatic rings. The lowest BCUT2D eigenvalue weighted by Gasteiger charge is -2.16. The van der Waals surface area contributed by atoms with E-state index in [2.05, 4.69) is 32.2 Å². The van der Waals surface area contributed by atoms with Gasteiger partial charge in [-0.3, -0.25) is 0 Å². The highest BCUT2D eigenvalue weighted by Crippen LogP contribution is 2.30. The number of furan rings is 1. The van der Waals surface area contributed by atoms with E-state index < -0.39 is 0 Å². The van der Waals surface area contributed by atoms with Crippen LogP contribution in [0.2, 0.25) is 0 Å². The maximum atomic E-state index is 9.82. The second kappa shape index (κ2) is 6.91. The summed E-state index contributed by atoms with van der Waals surface area (Å²) >= 11 is 0. The third-order valence-electron chi connectivity index (χ3n) is 3.76. The molecule has 0 spiro atoms. The van der Waals surface area contributed by atoms with E-state index in [0.29, 0.717) is 6.54 Å². The average molecular weight is 275 g/mol. The van der Waals surface area contributed by atoms with Gasteiger partial charge in [-0.1, -0.05) is 38.5 Å². The number of aryl methyl sites for hydroxylation is 1. The number of aliphatic hydroxyl groups excluding tert-OH is 1. The minimum atomic E-state index is -0.281. The van der Waals surface area contributed by atoms with Crippen molar-refractivity contribution in [2.24, 2.45) is 0 Å². The molecule has 2 rings (SSSR count). The molecule has 2 N–H and O–H groups in total. The summed E-state index contributed by atoms with van der Waals surface area (Å²) in [4.78, 5) is 0. The molecule has 1 heterocycles. The first-order valence-corrected chi connectivity index (χ1v) is 7.59. The fourth-order valence-corrected chi connectivity index (χ4v) is 2.67. The molecule has 0 aliphatic carbocycles. The molecule has 0 saturated carbocycles. The number of aliphatic hydroxyl groups is 1. The number of nitrogens with one attached hydrogen (secondary N) is 1. The molecule has 2 unspecified atom stereocenters. The largest absolute Gasteiger partial charge is 0.459 e. The summed E-state index contributed by atoms with van der Waals surface area (Å²) in [6.07, 6.45) is 2.51. The van der Waals surface area contributed by atoms with Gasteiger partial charge in [-0.25, -0.2) is 0 Å². The highest BCUT2D eigenvalue weighted by Gasteiger charge is 2.18. The van der Waals surface area contributed by atoms with Crippen molar-refractivity contribution >= 4 is 11.0 Å². The molecule has 1 aromatic carbocycles. The zero-order chi connectivity index (χ0) is 14.5. The molecule has 0 amide bonds. The van der Waals surface area contributed by atoms with Gasteiger partial charge in [0.1, 0.15) is 11.3 Å². The van der Waals surface area contributed by atoms with E-state index in [4.69, 9.17) is 4.42 Å². The Morgan fingerprint density at radius 1 is 1.25 bits per heavy atom. The smallest absolute Gasteiger partial charge is 0.134 e. The second-order valence-corrected chi connectivity index (χ2v) is 5.37. The molecule has 2 atom stereocenters. The van der Waals surface area contributed by atoms with Gasteiger partial charge < -0.3 is 14.8 Å². The van der Waals surface area contributed by atoms with Gasteiger partial charge in [0.05, 0.1) is 12.1 Å². The molecule has 0 saturated heterocycles. The quantitative estimate of drug-likeness (QED) is 0.807. The van der Waals surface area contributed by atoms with E-state index >= 15 is 0 Å². The monoisotopic (exact) mass is 275 g/mol. The van der Waals surface area contributed by atoms with Crippen molar-refractivity contribution in [2.45, 2.75) is 52.2 Å². The SMILES string of the molecule is CCCC(O)CNC(C)c1oc2ccccc2c1CC. The van der Waals surface area contributed by atoms with E-state index in [1.807, 2.05) is 18.2 Å². The highest BCUT2D eigenvalue weighted by molar-refractivity contribution is 5.82. The van der Waals surface area contributed by atoms with E-state index in [1.54, 1.807) is 0 Å². The van der Waals surface area contributed by atoms with Gasteiger partial charge in [0.15, 0.2) is 0 Å². The molecule has 0 bridgehead atoms.